The van der Waals surface area contributed by atoms with Crippen molar-refractivity contribution in [2.45, 2.75) is 0 Å². The third kappa shape index (κ3) is 0.713. The van der Waals surface area contributed by atoms with Crippen LogP contribution in [0.5, 0.6) is 0 Å². The fourth-order valence-electron chi connectivity index (χ4n) is 0.528. The zero-order valence-corrected chi connectivity index (χ0v) is 5.68. The van der Waals surface area contributed by atoms with Crippen LogP contribution in [-0.2, 0) is 14.1 Å². The minimum atomic E-state index is 0.757. The Hall–Kier alpha value is -0.500. The molecule has 0 N–H and O–H groups in total. The number of aryl methyl sites for hydroxylation is 1. The first-order valence-corrected chi connectivity index (χ1v) is 2.77. The second-order valence-electron chi connectivity index (χ2n) is 1.74. The molecule has 0 atom stereocenters. The molecule has 0 spiro atoms. The minimum Gasteiger partial charge on any atom is -0.146 e. The number of halogens is 1. The number of hydrogen-bond donors (Lipinski definition) is 0. The first kappa shape index (κ1) is 5.63. The molecule has 0 saturated heterocycles. The zero-order chi connectivity index (χ0) is 6.15. The van der Waals surface area contributed by atoms with Crippen LogP contribution in [0.3, 0.4) is 0 Å². The highest BCUT2D eigenvalue weighted by Crippen LogP contribution is 2.00. The third-order valence-corrected chi connectivity index (χ3v) is 1.58. The SMILES string of the molecule is Cn1c(Cl)cc[n+]1C. The van der Waals surface area contributed by atoms with Crippen molar-refractivity contribution >= 4 is 11.6 Å². The van der Waals surface area contributed by atoms with Gasteiger partial charge in [0.25, 0.3) is 0 Å². The van der Waals surface area contributed by atoms with Crippen LogP contribution >= 0.6 is 11.6 Å². The molecule has 0 bridgehead atoms. The Bertz CT molecular complexity index is 173. The van der Waals surface area contributed by atoms with Crippen molar-refractivity contribution in [1.82, 2.24) is 4.68 Å². The lowest BCUT2D eigenvalue weighted by Gasteiger charge is -1.86. The van der Waals surface area contributed by atoms with Gasteiger partial charge in [0.1, 0.15) is 0 Å². The Balaban J connectivity index is 3.19. The number of rotatable bonds is 0. The Kier molecular flexibility index (Phi) is 1.26. The normalized spacial score (nSPS) is 9.88. The molecule has 0 aliphatic heterocycles. The van der Waals surface area contributed by atoms with E-state index in [4.69, 9.17) is 11.6 Å². The second-order valence-corrected chi connectivity index (χ2v) is 2.12. The summed E-state index contributed by atoms with van der Waals surface area (Å²) in [5.41, 5.74) is 0. The highest BCUT2D eigenvalue weighted by molar-refractivity contribution is 6.29. The van der Waals surface area contributed by atoms with Crippen LogP contribution in [0.1, 0.15) is 0 Å². The molecule has 0 fully saturated rings. The Morgan fingerprint density at radius 2 is 2.38 bits per heavy atom. The average Bonchev–Trinajstić information content (AvgIpc) is 1.98. The van der Waals surface area contributed by atoms with Gasteiger partial charge in [-0.25, -0.2) is 0 Å². The van der Waals surface area contributed by atoms with Crippen LogP contribution in [0.2, 0.25) is 5.15 Å². The summed E-state index contributed by atoms with van der Waals surface area (Å²) in [5.74, 6) is 0. The molecule has 1 heterocycles. The van der Waals surface area contributed by atoms with Gasteiger partial charge in [0.05, 0.1) is 7.05 Å². The Morgan fingerprint density at radius 1 is 1.75 bits per heavy atom. The largest absolute Gasteiger partial charge is 0.196 e. The topological polar surface area (TPSA) is 8.81 Å². The first-order valence-electron chi connectivity index (χ1n) is 2.39. The van der Waals surface area contributed by atoms with Crippen molar-refractivity contribution < 1.29 is 4.68 Å². The van der Waals surface area contributed by atoms with E-state index < -0.39 is 0 Å². The van der Waals surface area contributed by atoms with Crippen molar-refractivity contribution in [3.63, 3.8) is 0 Å². The van der Waals surface area contributed by atoms with Crippen LogP contribution < -0.4 is 4.68 Å². The molecule has 1 aromatic heterocycles. The van der Waals surface area contributed by atoms with Gasteiger partial charge in [-0.3, -0.25) is 0 Å². The molecule has 2 nitrogen and oxygen atoms in total. The predicted octanol–water partition coefficient (Wildman–Crippen LogP) is 0.503. The Labute approximate surface area is 53.3 Å². The maximum absolute atomic E-state index is 5.67. The van der Waals surface area contributed by atoms with Gasteiger partial charge in [-0.2, -0.15) is 0 Å². The third-order valence-electron chi connectivity index (χ3n) is 1.21. The molecule has 0 saturated carbocycles. The van der Waals surface area contributed by atoms with Gasteiger partial charge in [0.15, 0.2) is 18.4 Å². The van der Waals surface area contributed by atoms with Crippen LogP contribution in [0.15, 0.2) is 12.3 Å². The van der Waals surface area contributed by atoms with E-state index in [0.717, 1.165) is 5.15 Å². The summed E-state index contributed by atoms with van der Waals surface area (Å²) in [4.78, 5) is 0. The van der Waals surface area contributed by atoms with E-state index in [0.29, 0.717) is 0 Å². The lowest BCUT2D eigenvalue weighted by Crippen LogP contribution is -2.36. The van der Waals surface area contributed by atoms with Crippen molar-refractivity contribution in [2.75, 3.05) is 0 Å². The van der Waals surface area contributed by atoms with Crippen molar-refractivity contribution in [2.24, 2.45) is 14.1 Å². The number of aromatic nitrogens is 2. The minimum absolute atomic E-state index is 0.757. The molecule has 0 aromatic carbocycles. The summed E-state index contributed by atoms with van der Waals surface area (Å²) in [5, 5.41) is 0.757. The molecule has 0 amide bonds. The van der Waals surface area contributed by atoms with E-state index in [1.54, 1.807) is 0 Å². The molecule has 1 aromatic rings. The fourth-order valence-corrected chi connectivity index (χ4v) is 0.704. The monoisotopic (exact) mass is 131 g/mol. The maximum atomic E-state index is 5.67. The standard InChI is InChI=1S/C5H8ClN2/c1-7-4-3-5(6)8(7)2/h3-4H,1-2H3/q+1. The van der Waals surface area contributed by atoms with E-state index in [1.807, 2.05) is 35.7 Å². The van der Waals surface area contributed by atoms with Crippen LogP contribution in [0, 0.1) is 0 Å². The van der Waals surface area contributed by atoms with E-state index >= 15 is 0 Å². The van der Waals surface area contributed by atoms with E-state index in [1.165, 1.54) is 0 Å². The highest BCUT2D eigenvalue weighted by Gasteiger charge is 2.00. The summed E-state index contributed by atoms with van der Waals surface area (Å²) < 4.78 is 3.75. The van der Waals surface area contributed by atoms with Crippen LogP contribution in [0.4, 0.5) is 0 Å². The van der Waals surface area contributed by atoms with Gasteiger partial charge < -0.3 is 0 Å². The number of hydrogen-bond acceptors (Lipinski definition) is 0. The molecule has 1 rings (SSSR count). The van der Waals surface area contributed by atoms with Gasteiger partial charge in [0, 0.05) is 6.07 Å². The van der Waals surface area contributed by atoms with E-state index in [-0.39, 0.29) is 0 Å². The second kappa shape index (κ2) is 1.78. The van der Waals surface area contributed by atoms with Gasteiger partial charge in [-0.05, 0) is 0 Å². The van der Waals surface area contributed by atoms with Crippen LogP contribution in [-0.4, -0.2) is 4.68 Å². The van der Waals surface area contributed by atoms with Crippen molar-refractivity contribution in [3.05, 3.63) is 17.4 Å². The van der Waals surface area contributed by atoms with Crippen molar-refractivity contribution in [3.8, 4) is 0 Å². The molecule has 0 aliphatic carbocycles. The first-order chi connectivity index (χ1) is 3.72. The summed E-state index contributed by atoms with van der Waals surface area (Å²) >= 11 is 5.67. The quantitative estimate of drug-likeness (QED) is 0.454. The van der Waals surface area contributed by atoms with Crippen LogP contribution in [0.25, 0.3) is 0 Å². The Morgan fingerprint density at radius 3 is 2.50 bits per heavy atom. The summed E-state index contributed by atoms with van der Waals surface area (Å²) in [6.45, 7) is 0. The van der Waals surface area contributed by atoms with Gasteiger partial charge >= 0.3 is 0 Å². The average molecular weight is 132 g/mol. The smallest absolute Gasteiger partial charge is 0.146 e. The number of nitrogens with zero attached hydrogens (tertiary/aromatic N) is 2. The zero-order valence-electron chi connectivity index (χ0n) is 4.93. The van der Waals surface area contributed by atoms with Gasteiger partial charge in [-0.1, -0.05) is 11.6 Å². The lowest BCUT2D eigenvalue weighted by molar-refractivity contribution is -0.751. The van der Waals surface area contributed by atoms with Gasteiger partial charge in [0.2, 0.25) is 0 Å². The molecule has 3 heteroatoms. The van der Waals surface area contributed by atoms with E-state index in [9.17, 15) is 0 Å². The van der Waals surface area contributed by atoms with Crippen molar-refractivity contribution in [1.29, 1.82) is 0 Å². The highest BCUT2D eigenvalue weighted by atomic mass is 35.5. The lowest BCUT2D eigenvalue weighted by atomic mass is 10.7. The summed E-state index contributed by atoms with van der Waals surface area (Å²) in [7, 11) is 3.84. The molecule has 0 aliphatic rings. The summed E-state index contributed by atoms with van der Waals surface area (Å²) in [6.07, 6.45) is 1.91. The molecule has 44 valence electrons. The summed E-state index contributed by atoms with van der Waals surface area (Å²) in [6, 6.07) is 1.85. The molecule has 8 heavy (non-hydrogen) atoms. The maximum Gasteiger partial charge on any atom is 0.196 e. The molecular weight excluding hydrogens is 124 g/mol. The molecule has 0 unspecified atom stereocenters. The molecular formula is C5H8ClN2+. The molecule has 0 radical (unpaired) electrons. The van der Waals surface area contributed by atoms with E-state index in [2.05, 4.69) is 0 Å². The van der Waals surface area contributed by atoms with Gasteiger partial charge in [-0.15, -0.1) is 9.36 Å². The fraction of sp³-hybridized carbons (Fsp3) is 0.400. The predicted molar refractivity (Wildman–Crippen MR) is 31.6 cm³/mol.